The van der Waals surface area contributed by atoms with Gasteiger partial charge in [-0.3, -0.25) is 14.8 Å². The molecule has 4 rings (SSSR count). The summed E-state index contributed by atoms with van der Waals surface area (Å²) < 4.78 is 0. The van der Waals surface area contributed by atoms with E-state index in [9.17, 15) is 4.79 Å². The highest BCUT2D eigenvalue weighted by atomic mass is 35.5. The zero-order chi connectivity index (χ0) is 18.1. The predicted octanol–water partition coefficient (Wildman–Crippen LogP) is 5.17. The third kappa shape index (κ3) is 3.24. The maximum atomic E-state index is 12.3. The molecule has 0 saturated heterocycles. The lowest BCUT2D eigenvalue weighted by atomic mass is 10.0. The molecule has 0 fully saturated rings. The smallest absolute Gasteiger partial charge is 0.230 e. The van der Waals surface area contributed by atoms with E-state index in [1.165, 1.54) is 0 Å². The molecular formula is C21H16ClN3O. The van der Waals surface area contributed by atoms with Crippen LogP contribution in [0.5, 0.6) is 0 Å². The zero-order valence-corrected chi connectivity index (χ0v) is 14.9. The molecule has 3 aromatic rings. The number of aromatic nitrogens is 1. The van der Waals surface area contributed by atoms with Crippen LogP contribution in [0.2, 0.25) is 5.02 Å². The van der Waals surface area contributed by atoms with E-state index >= 15 is 0 Å². The van der Waals surface area contributed by atoms with Crippen molar-refractivity contribution in [2.45, 2.75) is 13.3 Å². The number of amides is 1. The number of hydrogen-bond acceptors (Lipinski definition) is 3. The topological polar surface area (TPSA) is 54.4 Å². The van der Waals surface area contributed by atoms with Crippen LogP contribution in [0.15, 0.2) is 65.9 Å². The van der Waals surface area contributed by atoms with Crippen molar-refractivity contribution < 1.29 is 4.79 Å². The van der Waals surface area contributed by atoms with Gasteiger partial charge in [0.25, 0.3) is 0 Å². The van der Waals surface area contributed by atoms with Gasteiger partial charge in [0, 0.05) is 23.0 Å². The summed E-state index contributed by atoms with van der Waals surface area (Å²) in [5, 5.41) is 3.50. The van der Waals surface area contributed by atoms with Gasteiger partial charge in [-0.25, -0.2) is 0 Å². The number of nitrogens with one attached hydrogen (secondary N) is 1. The van der Waals surface area contributed by atoms with Crippen molar-refractivity contribution in [3.63, 3.8) is 0 Å². The van der Waals surface area contributed by atoms with Crippen LogP contribution in [-0.4, -0.2) is 16.6 Å². The van der Waals surface area contributed by atoms with Crippen molar-refractivity contribution in [2.24, 2.45) is 4.99 Å². The van der Waals surface area contributed by atoms with Gasteiger partial charge in [0.15, 0.2) is 0 Å². The Morgan fingerprint density at radius 2 is 1.85 bits per heavy atom. The molecule has 5 heteroatoms. The number of anilines is 1. The summed E-state index contributed by atoms with van der Waals surface area (Å²) >= 11 is 6.18. The summed E-state index contributed by atoms with van der Waals surface area (Å²) in [5.74, 6) is -0.103. The van der Waals surface area contributed by atoms with E-state index in [-0.39, 0.29) is 12.3 Å². The Hall–Kier alpha value is -2.98. The van der Waals surface area contributed by atoms with Gasteiger partial charge in [-0.05, 0) is 47.9 Å². The summed E-state index contributed by atoms with van der Waals surface area (Å²) in [6.07, 6.45) is 3.78. The second kappa shape index (κ2) is 6.73. The third-order valence-corrected chi connectivity index (χ3v) is 4.73. The molecule has 0 radical (unpaired) electrons. The van der Waals surface area contributed by atoms with Crippen LogP contribution in [0.3, 0.4) is 0 Å². The highest BCUT2D eigenvalue weighted by Crippen LogP contribution is 2.34. The number of halogens is 1. The number of hydrogen-bond donors (Lipinski definition) is 1. The number of nitrogens with zero attached hydrogens (tertiary/aromatic N) is 2. The number of pyridine rings is 1. The summed E-state index contributed by atoms with van der Waals surface area (Å²) in [6, 6.07) is 15.6. The fourth-order valence-electron chi connectivity index (χ4n) is 2.97. The summed E-state index contributed by atoms with van der Waals surface area (Å²) in [4.78, 5) is 21.3. The highest BCUT2D eigenvalue weighted by molar-refractivity contribution is 6.32. The fraction of sp³-hybridized carbons (Fsp3) is 0.0952. The Kier molecular flexibility index (Phi) is 4.27. The first-order chi connectivity index (χ1) is 12.6. The molecule has 0 atom stereocenters. The van der Waals surface area contributed by atoms with E-state index in [0.717, 1.165) is 33.7 Å². The van der Waals surface area contributed by atoms with Crippen LogP contribution >= 0.6 is 11.6 Å². The Balaban J connectivity index is 1.80. The lowest BCUT2D eigenvalue weighted by Crippen LogP contribution is -2.15. The minimum Gasteiger partial charge on any atom is -0.324 e. The number of aryl methyl sites for hydroxylation is 1. The lowest BCUT2D eigenvalue weighted by molar-refractivity contribution is -0.115. The van der Waals surface area contributed by atoms with Crippen LogP contribution in [-0.2, 0) is 4.79 Å². The van der Waals surface area contributed by atoms with Gasteiger partial charge in [0.05, 0.1) is 23.5 Å². The van der Waals surface area contributed by atoms with E-state index in [2.05, 4.69) is 10.3 Å². The van der Waals surface area contributed by atoms with E-state index in [0.29, 0.717) is 10.7 Å². The van der Waals surface area contributed by atoms with Crippen molar-refractivity contribution >= 4 is 34.6 Å². The summed E-state index contributed by atoms with van der Waals surface area (Å²) in [7, 11) is 0. The molecule has 1 aliphatic heterocycles. The average molecular weight is 362 g/mol. The van der Waals surface area contributed by atoms with Crippen LogP contribution in [0, 0.1) is 6.92 Å². The van der Waals surface area contributed by atoms with Gasteiger partial charge in [-0.2, -0.15) is 0 Å². The number of benzene rings is 2. The molecular weight excluding hydrogens is 346 g/mol. The Morgan fingerprint density at radius 3 is 2.65 bits per heavy atom. The second-order valence-electron chi connectivity index (χ2n) is 6.22. The molecule has 1 aliphatic rings. The molecule has 4 nitrogen and oxygen atoms in total. The van der Waals surface area contributed by atoms with Crippen LogP contribution in [0.1, 0.15) is 17.5 Å². The van der Waals surface area contributed by atoms with E-state index < -0.39 is 0 Å². The molecule has 2 aromatic carbocycles. The minimum absolute atomic E-state index is 0.103. The molecule has 26 heavy (non-hydrogen) atoms. The molecule has 2 heterocycles. The maximum absolute atomic E-state index is 12.3. The molecule has 128 valence electrons. The van der Waals surface area contributed by atoms with E-state index in [4.69, 9.17) is 16.6 Å². The second-order valence-corrected chi connectivity index (χ2v) is 6.63. The number of aliphatic imine (C=N–C) groups is 1. The number of carbonyl (C=O) groups is 1. The van der Waals surface area contributed by atoms with E-state index in [1.54, 1.807) is 12.3 Å². The van der Waals surface area contributed by atoms with Crippen LogP contribution in [0.25, 0.3) is 11.1 Å². The predicted molar refractivity (Wildman–Crippen MR) is 105 cm³/mol. The molecule has 0 bridgehead atoms. The fourth-order valence-corrected chi connectivity index (χ4v) is 3.13. The Morgan fingerprint density at radius 1 is 1.04 bits per heavy atom. The van der Waals surface area contributed by atoms with E-state index in [1.807, 2.05) is 55.6 Å². The number of rotatable bonds is 2. The normalized spacial score (nSPS) is 13.5. The lowest BCUT2D eigenvalue weighted by Gasteiger charge is -2.07. The van der Waals surface area contributed by atoms with Crippen molar-refractivity contribution in [3.05, 3.63) is 77.1 Å². The molecule has 0 aliphatic carbocycles. The molecule has 1 aromatic heterocycles. The van der Waals surface area contributed by atoms with Crippen molar-refractivity contribution in [1.29, 1.82) is 0 Å². The van der Waals surface area contributed by atoms with Crippen molar-refractivity contribution in [1.82, 2.24) is 4.98 Å². The minimum atomic E-state index is -0.103. The molecule has 1 amide bonds. The summed E-state index contributed by atoms with van der Waals surface area (Å²) in [6.45, 7) is 1.92. The first-order valence-corrected chi connectivity index (χ1v) is 8.66. The SMILES string of the molecule is Cc1cc2c(cc1Cl)NC(=O)CC(c1cccc(-c3cccnc3)c1)=N2. The highest BCUT2D eigenvalue weighted by Gasteiger charge is 2.18. The number of fused-ring (bicyclic) bond motifs is 1. The quantitative estimate of drug-likeness (QED) is 0.684. The van der Waals surface area contributed by atoms with Gasteiger partial charge in [-0.1, -0.05) is 35.9 Å². The largest absolute Gasteiger partial charge is 0.324 e. The molecule has 0 unspecified atom stereocenters. The molecule has 1 N–H and O–H groups in total. The van der Waals surface area contributed by atoms with Gasteiger partial charge in [0.1, 0.15) is 0 Å². The maximum Gasteiger partial charge on any atom is 0.230 e. The third-order valence-electron chi connectivity index (χ3n) is 4.33. The summed E-state index contributed by atoms with van der Waals surface area (Å²) in [5.41, 5.74) is 6.00. The first-order valence-electron chi connectivity index (χ1n) is 8.28. The van der Waals surface area contributed by atoms with Gasteiger partial charge < -0.3 is 5.32 Å². The monoisotopic (exact) mass is 361 g/mol. The Bertz CT molecular complexity index is 1030. The average Bonchev–Trinajstić information content (AvgIpc) is 2.81. The molecule has 0 spiro atoms. The first kappa shape index (κ1) is 16.5. The van der Waals surface area contributed by atoms with Crippen molar-refractivity contribution in [3.8, 4) is 11.1 Å². The Labute approximate surface area is 156 Å². The van der Waals surface area contributed by atoms with Crippen LogP contribution < -0.4 is 5.32 Å². The van der Waals surface area contributed by atoms with Gasteiger partial charge >= 0.3 is 0 Å². The number of carbonyl (C=O) groups excluding carboxylic acids is 1. The molecule has 0 saturated carbocycles. The van der Waals surface area contributed by atoms with Crippen molar-refractivity contribution in [2.75, 3.05) is 5.32 Å². The van der Waals surface area contributed by atoms with Crippen LogP contribution in [0.4, 0.5) is 11.4 Å². The van der Waals surface area contributed by atoms with Gasteiger partial charge in [0.2, 0.25) is 5.91 Å². The zero-order valence-electron chi connectivity index (χ0n) is 14.2. The standard InChI is InChI=1S/C21H16ClN3O/c1-13-8-19-20(10-17(13)22)25-21(26)11-18(24-19)15-5-2-4-14(9-15)16-6-3-7-23-12-16/h2-10,12H,11H2,1H3,(H,25,26). The van der Waals surface area contributed by atoms with Gasteiger partial charge in [-0.15, -0.1) is 0 Å².